The van der Waals surface area contributed by atoms with Crippen LogP contribution < -0.4 is 11.1 Å². The summed E-state index contributed by atoms with van der Waals surface area (Å²) >= 11 is 1.29. The molecule has 6 heteroatoms. The highest BCUT2D eigenvalue weighted by Crippen LogP contribution is 2.25. The van der Waals surface area contributed by atoms with Gasteiger partial charge in [-0.25, -0.2) is 0 Å². The van der Waals surface area contributed by atoms with E-state index in [0.29, 0.717) is 23.6 Å². The number of carbonyl (C=O) groups is 1. The molecular formula is C11H16N2O3S. The van der Waals surface area contributed by atoms with E-state index in [9.17, 15) is 9.90 Å². The van der Waals surface area contributed by atoms with Gasteiger partial charge in [0.15, 0.2) is 0 Å². The lowest BCUT2D eigenvalue weighted by Crippen LogP contribution is -2.47. The molecule has 94 valence electrons. The van der Waals surface area contributed by atoms with Gasteiger partial charge in [0.1, 0.15) is 10.5 Å². The summed E-state index contributed by atoms with van der Waals surface area (Å²) in [7, 11) is 0. The lowest BCUT2D eigenvalue weighted by Gasteiger charge is -2.26. The lowest BCUT2D eigenvalue weighted by atomic mass is 9.97. The average molecular weight is 256 g/mol. The Hall–Kier alpha value is -1.11. The second-order valence-electron chi connectivity index (χ2n) is 4.25. The van der Waals surface area contributed by atoms with Crippen molar-refractivity contribution in [2.24, 2.45) is 0 Å². The summed E-state index contributed by atoms with van der Waals surface area (Å²) in [5.74, 6) is -0.245. The molecule has 1 aliphatic heterocycles. The number of carbonyl (C=O) groups excluding carboxylic acids is 1. The molecule has 1 saturated heterocycles. The van der Waals surface area contributed by atoms with E-state index in [1.54, 1.807) is 18.4 Å². The second kappa shape index (κ2) is 4.64. The van der Waals surface area contributed by atoms with Gasteiger partial charge in [0.25, 0.3) is 5.91 Å². The van der Waals surface area contributed by atoms with Gasteiger partial charge in [-0.3, -0.25) is 4.79 Å². The first-order valence-corrected chi connectivity index (χ1v) is 6.36. The number of thiophene rings is 1. The van der Waals surface area contributed by atoms with Crippen molar-refractivity contribution in [3.8, 4) is 0 Å². The molecule has 5 nitrogen and oxygen atoms in total. The second-order valence-corrected chi connectivity index (χ2v) is 5.17. The molecule has 0 aromatic carbocycles. The lowest BCUT2D eigenvalue weighted by molar-refractivity contribution is -0.0251. The fourth-order valence-electron chi connectivity index (χ4n) is 1.82. The van der Waals surface area contributed by atoms with Crippen LogP contribution in [0.15, 0.2) is 11.4 Å². The Kier molecular flexibility index (Phi) is 3.37. The molecule has 4 N–H and O–H groups in total. The maximum Gasteiger partial charge on any atom is 0.263 e. The molecule has 1 aliphatic rings. The Balaban J connectivity index is 1.95. The van der Waals surface area contributed by atoms with Gasteiger partial charge in [0.05, 0.1) is 11.8 Å². The van der Waals surface area contributed by atoms with Crippen molar-refractivity contribution in [1.29, 1.82) is 0 Å². The topological polar surface area (TPSA) is 84.6 Å². The Bertz CT molecular complexity index is 421. The molecule has 17 heavy (non-hydrogen) atoms. The van der Waals surface area contributed by atoms with Gasteiger partial charge in [0, 0.05) is 19.6 Å². The third-order valence-electron chi connectivity index (χ3n) is 3.12. The molecule has 1 aromatic heterocycles. The van der Waals surface area contributed by atoms with Crippen molar-refractivity contribution >= 4 is 22.9 Å². The van der Waals surface area contributed by atoms with Crippen molar-refractivity contribution in [3.05, 3.63) is 16.3 Å². The minimum absolute atomic E-state index is 0.185. The summed E-state index contributed by atoms with van der Waals surface area (Å²) in [5, 5.41) is 14.7. The number of nitrogen functional groups attached to an aromatic ring is 1. The van der Waals surface area contributed by atoms with E-state index in [4.69, 9.17) is 10.5 Å². The number of anilines is 1. The molecule has 2 heterocycles. The summed E-state index contributed by atoms with van der Waals surface area (Å²) in [6, 6.07) is 1.69. The number of ether oxygens (including phenoxy) is 1. The molecule has 0 saturated carbocycles. The van der Waals surface area contributed by atoms with Crippen LogP contribution in [0.2, 0.25) is 0 Å². The van der Waals surface area contributed by atoms with E-state index in [1.165, 1.54) is 11.3 Å². The number of aliphatic hydroxyl groups is 1. The van der Waals surface area contributed by atoms with Crippen LogP contribution in [0.1, 0.15) is 23.0 Å². The van der Waals surface area contributed by atoms with Crippen LogP contribution in [0.25, 0.3) is 0 Å². The van der Waals surface area contributed by atoms with Crippen LogP contribution in [-0.4, -0.2) is 35.9 Å². The number of hydrogen-bond donors (Lipinski definition) is 3. The molecule has 2 unspecified atom stereocenters. The van der Waals surface area contributed by atoms with Crippen molar-refractivity contribution < 1.29 is 14.6 Å². The Labute approximate surface area is 104 Å². The molecule has 2 atom stereocenters. The molecule has 1 fully saturated rings. The minimum atomic E-state index is -0.971. The minimum Gasteiger partial charge on any atom is -0.397 e. The number of nitrogens with one attached hydrogen (secondary N) is 1. The third kappa shape index (κ3) is 2.43. The largest absolute Gasteiger partial charge is 0.397 e. The Morgan fingerprint density at radius 1 is 1.82 bits per heavy atom. The van der Waals surface area contributed by atoms with Gasteiger partial charge in [-0.1, -0.05) is 0 Å². The van der Waals surface area contributed by atoms with E-state index in [-0.39, 0.29) is 18.6 Å². The number of hydrogen-bond acceptors (Lipinski definition) is 5. The zero-order chi connectivity index (χ0) is 12.5. The van der Waals surface area contributed by atoms with E-state index < -0.39 is 5.60 Å². The van der Waals surface area contributed by atoms with Gasteiger partial charge in [0.2, 0.25) is 0 Å². The summed E-state index contributed by atoms with van der Waals surface area (Å²) in [4.78, 5) is 12.3. The summed E-state index contributed by atoms with van der Waals surface area (Å²) < 4.78 is 5.29. The monoisotopic (exact) mass is 256 g/mol. The maximum absolute atomic E-state index is 11.8. The molecule has 1 aromatic rings. The molecule has 0 aliphatic carbocycles. The van der Waals surface area contributed by atoms with Crippen molar-refractivity contribution in [2.75, 3.05) is 18.9 Å². The molecule has 0 radical (unpaired) electrons. The fourth-order valence-corrected chi connectivity index (χ4v) is 2.55. The fraction of sp³-hybridized carbons (Fsp3) is 0.545. The van der Waals surface area contributed by atoms with Crippen molar-refractivity contribution in [3.63, 3.8) is 0 Å². The van der Waals surface area contributed by atoms with Gasteiger partial charge < -0.3 is 20.9 Å². The standard InChI is InChI=1S/C11H16N2O3S/c1-7-11(15,3-4-16-7)6-13-10(14)9-8(12)2-5-17-9/h2,5,7,15H,3-4,6,12H2,1H3,(H,13,14). The first kappa shape index (κ1) is 12.3. The zero-order valence-corrected chi connectivity index (χ0v) is 10.4. The van der Waals surface area contributed by atoms with Crippen LogP contribution in [0.5, 0.6) is 0 Å². The highest BCUT2D eigenvalue weighted by molar-refractivity contribution is 7.12. The van der Waals surface area contributed by atoms with Crippen molar-refractivity contribution in [2.45, 2.75) is 25.0 Å². The van der Waals surface area contributed by atoms with Gasteiger partial charge in [-0.05, 0) is 18.4 Å². The van der Waals surface area contributed by atoms with Gasteiger partial charge >= 0.3 is 0 Å². The quantitative estimate of drug-likeness (QED) is 0.739. The predicted molar refractivity (Wildman–Crippen MR) is 66.0 cm³/mol. The first-order valence-electron chi connectivity index (χ1n) is 5.48. The first-order chi connectivity index (χ1) is 8.03. The van der Waals surface area contributed by atoms with E-state index in [2.05, 4.69) is 5.32 Å². The molecule has 2 rings (SSSR count). The van der Waals surface area contributed by atoms with Crippen LogP contribution in [0, 0.1) is 0 Å². The molecule has 1 amide bonds. The average Bonchev–Trinajstić information content (AvgIpc) is 2.84. The van der Waals surface area contributed by atoms with Crippen LogP contribution in [-0.2, 0) is 4.74 Å². The zero-order valence-electron chi connectivity index (χ0n) is 9.60. The van der Waals surface area contributed by atoms with Crippen molar-refractivity contribution in [1.82, 2.24) is 5.32 Å². The smallest absolute Gasteiger partial charge is 0.263 e. The third-order valence-corrected chi connectivity index (χ3v) is 4.05. The normalized spacial score (nSPS) is 28.2. The van der Waals surface area contributed by atoms with Crippen LogP contribution >= 0.6 is 11.3 Å². The number of nitrogens with two attached hydrogens (primary N) is 1. The van der Waals surface area contributed by atoms with E-state index in [0.717, 1.165) is 0 Å². The van der Waals surface area contributed by atoms with E-state index in [1.807, 2.05) is 0 Å². The van der Waals surface area contributed by atoms with E-state index >= 15 is 0 Å². The highest BCUT2D eigenvalue weighted by atomic mass is 32.1. The molecular weight excluding hydrogens is 240 g/mol. The summed E-state index contributed by atoms with van der Waals surface area (Å²) in [6.07, 6.45) is 0.275. The van der Waals surface area contributed by atoms with Gasteiger partial charge in [-0.15, -0.1) is 11.3 Å². The van der Waals surface area contributed by atoms with Crippen LogP contribution in [0.4, 0.5) is 5.69 Å². The summed E-state index contributed by atoms with van der Waals surface area (Å²) in [6.45, 7) is 2.51. The maximum atomic E-state index is 11.8. The highest BCUT2D eigenvalue weighted by Gasteiger charge is 2.39. The summed E-state index contributed by atoms with van der Waals surface area (Å²) in [5.41, 5.74) is 5.15. The molecule has 0 spiro atoms. The van der Waals surface area contributed by atoms with Gasteiger partial charge in [-0.2, -0.15) is 0 Å². The Morgan fingerprint density at radius 2 is 2.59 bits per heavy atom. The number of amides is 1. The Morgan fingerprint density at radius 3 is 3.12 bits per heavy atom. The SMILES string of the molecule is CC1OCCC1(O)CNC(=O)c1sccc1N. The number of rotatable bonds is 3. The van der Waals surface area contributed by atoms with Crippen LogP contribution in [0.3, 0.4) is 0 Å². The predicted octanol–water partition coefficient (Wildman–Crippen LogP) is 0.600. The molecule has 0 bridgehead atoms.